The molecule has 0 fully saturated rings. The van der Waals surface area contributed by atoms with Crippen molar-refractivity contribution in [3.8, 4) is 23.0 Å². The maximum absolute atomic E-state index is 12.4. The second kappa shape index (κ2) is 6.51. The molecule has 0 spiro atoms. The third-order valence-electron chi connectivity index (χ3n) is 4.28. The molecule has 1 heterocycles. The van der Waals surface area contributed by atoms with E-state index in [1.807, 2.05) is 13.0 Å². The van der Waals surface area contributed by atoms with E-state index in [0.717, 1.165) is 29.2 Å². The standard InChI is InChI=1S/C20H20O5/c1-11(2)3-4-12-7-13(5-6-15(12)22)18-10-17(24)20-16(23)8-14(21)9-19(20)25-18/h5-9,18,21-23H,1,3-4,10H2,2H3/t18-/m0/s1. The average molecular weight is 340 g/mol. The Balaban J connectivity index is 1.91. The molecule has 0 amide bonds. The van der Waals surface area contributed by atoms with Gasteiger partial charge in [-0.3, -0.25) is 4.79 Å². The number of hydrogen-bond donors (Lipinski definition) is 3. The van der Waals surface area contributed by atoms with Gasteiger partial charge in [-0.15, -0.1) is 6.58 Å². The van der Waals surface area contributed by atoms with E-state index in [9.17, 15) is 20.1 Å². The first kappa shape index (κ1) is 16.9. The summed E-state index contributed by atoms with van der Waals surface area (Å²) in [6.45, 7) is 5.80. The monoisotopic (exact) mass is 340 g/mol. The van der Waals surface area contributed by atoms with Crippen LogP contribution < -0.4 is 4.74 Å². The number of allylic oxidation sites excluding steroid dienone is 1. The first-order chi connectivity index (χ1) is 11.8. The van der Waals surface area contributed by atoms with Gasteiger partial charge in [0.2, 0.25) is 0 Å². The van der Waals surface area contributed by atoms with E-state index in [-0.39, 0.29) is 40.8 Å². The van der Waals surface area contributed by atoms with Crippen LogP contribution in [0.25, 0.3) is 0 Å². The largest absolute Gasteiger partial charge is 0.508 e. The van der Waals surface area contributed by atoms with Crippen LogP contribution in [0.2, 0.25) is 0 Å². The minimum absolute atomic E-state index is 0.0794. The van der Waals surface area contributed by atoms with Gasteiger partial charge in [0.1, 0.15) is 34.7 Å². The van der Waals surface area contributed by atoms with Crippen molar-refractivity contribution in [3.05, 3.63) is 59.2 Å². The number of phenolic OH excluding ortho intramolecular Hbond substituents is 3. The molecule has 2 aromatic carbocycles. The Bertz CT molecular complexity index is 853. The van der Waals surface area contributed by atoms with Gasteiger partial charge < -0.3 is 20.1 Å². The highest BCUT2D eigenvalue weighted by molar-refractivity contribution is 6.02. The van der Waals surface area contributed by atoms with Crippen LogP contribution in [-0.4, -0.2) is 21.1 Å². The van der Waals surface area contributed by atoms with Crippen LogP contribution in [0.15, 0.2) is 42.5 Å². The molecule has 0 aromatic heterocycles. The number of ether oxygens (including phenoxy) is 1. The number of fused-ring (bicyclic) bond motifs is 1. The summed E-state index contributed by atoms with van der Waals surface area (Å²) in [7, 11) is 0. The maximum Gasteiger partial charge on any atom is 0.174 e. The van der Waals surface area contributed by atoms with E-state index in [1.165, 1.54) is 6.07 Å². The molecular formula is C20H20O5. The molecule has 130 valence electrons. The molecule has 0 unspecified atom stereocenters. The molecule has 3 N–H and O–H groups in total. The number of rotatable bonds is 4. The molecular weight excluding hydrogens is 320 g/mol. The van der Waals surface area contributed by atoms with E-state index in [1.54, 1.807) is 12.1 Å². The van der Waals surface area contributed by atoms with Crippen molar-refractivity contribution in [2.75, 3.05) is 0 Å². The number of Topliss-reactive ketones (excluding diaryl/α,β-unsaturated/α-hetero) is 1. The number of carbonyl (C=O) groups is 1. The lowest BCUT2D eigenvalue weighted by atomic mass is 9.93. The molecule has 0 aliphatic carbocycles. The predicted molar refractivity (Wildman–Crippen MR) is 93.3 cm³/mol. The molecule has 5 heteroatoms. The molecule has 1 aliphatic rings. The Hall–Kier alpha value is -2.95. The van der Waals surface area contributed by atoms with E-state index in [0.29, 0.717) is 6.42 Å². The Morgan fingerprint density at radius 2 is 1.96 bits per heavy atom. The quantitative estimate of drug-likeness (QED) is 0.732. The molecule has 0 radical (unpaired) electrons. The van der Waals surface area contributed by atoms with Crippen molar-refractivity contribution >= 4 is 5.78 Å². The second-order valence-electron chi connectivity index (χ2n) is 6.42. The van der Waals surface area contributed by atoms with Crippen LogP contribution in [0.5, 0.6) is 23.0 Å². The molecule has 1 atom stereocenters. The fourth-order valence-corrected chi connectivity index (χ4v) is 2.97. The lowest BCUT2D eigenvalue weighted by molar-refractivity contribution is 0.0845. The maximum atomic E-state index is 12.4. The summed E-state index contributed by atoms with van der Waals surface area (Å²) < 4.78 is 5.83. The van der Waals surface area contributed by atoms with Gasteiger partial charge in [0.25, 0.3) is 0 Å². The van der Waals surface area contributed by atoms with Gasteiger partial charge in [0.15, 0.2) is 5.78 Å². The van der Waals surface area contributed by atoms with Gasteiger partial charge in [0, 0.05) is 12.1 Å². The number of ketones is 1. The van der Waals surface area contributed by atoms with Crippen LogP contribution in [-0.2, 0) is 6.42 Å². The normalized spacial score (nSPS) is 16.2. The minimum Gasteiger partial charge on any atom is -0.508 e. The molecule has 2 aromatic rings. The van der Waals surface area contributed by atoms with Gasteiger partial charge >= 0.3 is 0 Å². The van der Waals surface area contributed by atoms with Crippen molar-refractivity contribution < 1.29 is 24.9 Å². The average Bonchev–Trinajstić information content (AvgIpc) is 2.52. The first-order valence-corrected chi connectivity index (χ1v) is 8.07. The zero-order chi connectivity index (χ0) is 18.1. The van der Waals surface area contributed by atoms with Crippen molar-refractivity contribution in [2.45, 2.75) is 32.3 Å². The summed E-state index contributed by atoms with van der Waals surface area (Å²) in [6, 6.07) is 7.57. The summed E-state index contributed by atoms with van der Waals surface area (Å²) in [5.41, 5.74) is 2.64. The molecule has 5 nitrogen and oxygen atoms in total. The molecule has 0 saturated heterocycles. The Labute approximate surface area is 145 Å². The zero-order valence-corrected chi connectivity index (χ0v) is 14.0. The van der Waals surface area contributed by atoms with Crippen molar-refractivity contribution in [2.24, 2.45) is 0 Å². The Morgan fingerprint density at radius 3 is 2.68 bits per heavy atom. The van der Waals surface area contributed by atoms with Gasteiger partial charge in [-0.1, -0.05) is 11.6 Å². The Morgan fingerprint density at radius 1 is 1.20 bits per heavy atom. The molecule has 1 aliphatic heterocycles. The SMILES string of the molecule is C=C(C)CCc1cc([C@@H]2CC(=O)c3c(O)cc(O)cc3O2)ccc1O. The first-order valence-electron chi connectivity index (χ1n) is 8.07. The number of carbonyl (C=O) groups excluding carboxylic acids is 1. The summed E-state index contributed by atoms with van der Waals surface area (Å²) in [5.74, 6) is -0.345. The Kier molecular flexibility index (Phi) is 4.40. The third-order valence-corrected chi connectivity index (χ3v) is 4.28. The zero-order valence-electron chi connectivity index (χ0n) is 14.0. The topological polar surface area (TPSA) is 87.0 Å². The van der Waals surface area contributed by atoms with Crippen molar-refractivity contribution in [1.82, 2.24) is 0 Å². The number of hydrogen-bond acceptors (Lipinski definition) is 5. The van der Waals surface area contributed by atoms with E-state index in [4.69, 9.17) is 4.74 Å². The van der Waals surface area contributed by atoms with Crippen molar-refractivity contribution in [3.63, 3.8) is 0 Å². The summed E-state index contributed by atoms with van der Waals surface area (Å²) >= 11 is 0. The van der Waals surface area contributed by atoms with Gasteiger partial charge in [-0.05, 0) is 43.0 Å². The smallest absolute Gasteiger partial charge is 0.174 e. The van der Waals surface area contributed by atoms with E-state index < -0.39 is 6.10 Å². The van der Waals surface area contributed by atoms with Crippen LogP contribution in [0.3, 0.4) is 0 Å². The van der Waals surface area contributed by atoms with E-state index in [2.05, 4.69) is 6.58 Å². The summed E-state index contributed by atoms with van der Waals surface area (Å²) in [6.07, 6.45) is 0.945. The lowest BCUT2D eigenvalue weighted by Gasteiger charge is -2.26. The molecule has 0 saturated carbocycles. The second-order valence-corrected chi connectivity index (χ2v) is 6.42. The number of phenols is 3. The third kappa shape index (κ3) is 3.45. The van der Waals surface area contributed by atoms with Crippen LogP contribution in [0, 0.1) is 0 Å². The predicted octanol–water partition coefficient (Wildman–Crippen LogP) is 4.02. The van der Waals surface area contributed by atoms with E-state index >= 15 is 0 Å². The fourth-order valence-electron chi connectivity index (χ4n) is 2.97. The van der Waals surface area contributed by atoms with Gasteiger partial charge in [0.05, 0.1) is 6.42 Å². The number of aromatic hydroxyl groups is 3. The van der Waals surface area contributed by atoms with Gasteiger partial charge in [-0.25, -0.2) is 0 Å². The molecule has 25 heavy (non-hydrogen) atoms. The summed E-state index contributed by atoms with van der Waals surface area (Å²) in [4.78, 5) is 12.4. The lowest BCUT2D eigenvalue weighted by Crippen LogP contribution is -2.20. The van der Waals surface area contributed by atoms with Crippen LogP contribution in [0.1, 0.15) is 47.4 Å². The number of aryl methyl sites for hydroxylation is 1. The number of benzene rings is 2. The highest BCUT2D eigenvalue weighted by Gasteiger charge is 2.31. The minimum atomic E-state index is -0.537. The van der Waals surface area contributed by atoms with Crippen LogP contribution in [0.4, 0.5) is 0 Å². The molecule has 0 bridgehead atoms. The van der Waals surface area contributed by atoms with Crippen LogP contribution >= 0.6 is 0 Å². The highest BCUT2D eigenvalue weighted by atomic mass is 16.5. The molecule has 3 rings (SSSR count). The summed E-state index contributed by atoms with van der Waals surface area (Å²) in [5, 5.41) is 29.5. The fraction of sp³-hybridized carbons (Fsp3) is 0.250. The van der Waals surface area contributed by atoms with Gasteiger partial charge in [-0.2, -0.15) is 0 Å². The highest BCUT2D eigenvalue weighted by Crippen LogP contribution is 2.42. The van der Waals surface area contributed by atoms with Crippen molar-refractivity contribution in [1.29, 1.82) is 0 Å².